The highest BCUT2D eigenvalue weighted by molar-refractivity contribution is 7.80. The third kappa shape index (κ3) is 5.07. The molecule has 0 bridgehead atoms. The molecule has 0 aliphatic rings. The van der Waals surface area contributed by atoms with Gasteiger partial charge in [0, 0.05) is 5.69 Å². The third-order valence-corrected chi connectivity index (χ3v) is 3.49. The standard InChI is InChI=1S/C18H20N2O2S/c1-12-9-13(2)17(14(3)10-12)20-18(23)19-16(21)11-22-15-7-5-4-6-8-15/h4-10H,11H2,1-3H3,(H2,19,20,21,23). The maximum atomic E-state index is 11.9. The number of hydrogen-bond donors (Lipinski definition) is 2. The van der Waals surface area contributed by atoms with Crippen molar-refractivity contribution in [3.8, 4) is 5.75 Å². The Hall–Kier alpha value is -2.40. The van der Waals surface area contributed by atoms with Crippen LogP contribution >= 0.6 is 12.2 Å². The van der Waals surface area contributed by atoms with Crippen LogP contribution in [0, 0.1) is 20.8 Å². The molecule has 0 radical (unpaired) electrons. The summed E-state index contributed by atoms with van der Waals surface area (Å²) in [6, 6.07) is 13.3. The maximum Gasteiger partial charge on any atom is 0.264 e. The molecule has 0 heterocycles. The molecule has 0 aromatic heterocycles. The topological polar surface area (TPSA) is 50.4 Å². The smallest absolute Gasteiger partial charge is 0.264 e. The highest BCUT2D eigenvalue weighted by Crippen LogP contribution is 2.21. The Morgan fingerprint density at radius 1 is 1.09 bits per heavy atom. The molecule has 2 aromatic rings. The first-order valence-corrected chi connectivity index (χ1v) is 7.73. The number of carbonyl (C=O) groups excluding carboxylic acids is 1. The van der Waals surface area contributed by atoms with Crippen molar-refractivity contribution in [2.75, 3.05) is 11.9 Å². The molecular formula is C18H20N2O2S. The molecule has 0 saturated heterocycles. The normalized spacial score (nSPS) is 10.0. The molecule has 0 aliphatic heterocycles. The molecule has 23 heavy (non-hydrogen) atoms. The Bertz CT molecular complexity index is 691. The van der Waals surface area contributed by atoms with Crippen molar-refractivity contribution in [3.05, 3.63) is 59.2 Å². The second-order valence-electron chi connectivity index (χ2n) is 5.38. The average Bonchev–Trinajstić information content (AvgIpc) is 2.50. The second-order valence-corrected chi connectivity index (χ2v) is 5.79. The van der Waals surface area contributed by atoms with Crippen LogP contribution in [0.2, 0.25) is 0 Å². The fourth-order valence-corrected chi connectivity index (χ4v) is 2.57. The quantitative estimate of drug-likeness (QED) is 0.844. The lowest BCUT2D eigenvalue weighted by molar-refractivity contribution is -0.121. The predicted octanol–water partition coefficient (Wildman–Crippen LogP) is 3.50. The first-order chi connectivity index (χ1) is 11.0. The van der Waals surface area contributed by atoms with E-state index in [9.17, 15) is 4.79 Å². The van der Waals surface area contributed by atoms with E-state index in [0.29, 0.717) is 5.75 Å². The Balaban J connectivity index is 1.88. The summed E-state index contributed by atoms with van der Waals surface area (Å²) in [7, 11) is 0. The summed E-state index contributed by atoms with van der Waals surface area (Å²) < 4.78 is 5.38. The van der Waals surface area contributed by atoms with Crippen molar-refractivity contribution in [3.63, 3.8) is 0 Å². The highest BCUT2D eigenvalue weighted by atomic mass is 32.1. The zero-order valence-corrected chi connectivity index (χ0v) is 14.3. The van der Waals surface area contributed by atoms with Gasteiger partial charge in [-0.15, -0.1) is 0 Å². The first-order valence-electron chi connectivity index (χ1n) is 7.32. The number of rotatable bonds is 4. The molecule has 0 spiro atoms. The molecule has 120 valence electrons. The molecule has 0 aliphatic carbocycles. The third-order valence-electron chi connectivity index (χ3n) is 3.28. The minimum Gasteiger partial charge on any atom is -0.484 e. The number of ether oxygens (including phenoxy) is 1. The molecule has 2 aromatic carbocycles. The number of nitrogens with one attached hydrogen (secondary N) is 2. The first kappa shape index (κ1) is 17.0. The van der Waals surface area contributed by atoms with E-state index in [1.165, 1.54) is 5.56 Å². The molecule has 0 atom stereocenters. The van der Waals surface area contributed by atoms with Crippen molar-refractivity contribution in [2.24, 2.45) is 0 Å². The number of para-hydroxylation sites is 1. The van der Waals surface area contributed by atoms with Gasteiger partial charge in [0.05, 0.1) is 0 Å². The van der Waals surface area contributed by atoms with Gasteiger partial charge in [0.15, 0.2) is 11.7 Å². The van der Waals surface area contributed by atoms with Gasteiger partial charge in [-0.2, -0.15) is 0 Å². The minimum atomic E-state index is -0.297. The van der Waals surface area contributed by atoms with Gasteiger partial charge >= 0.3 is 0 Å². The fourth-order valence-electron chi connectivity index (χ4n) is 2.35. The van der Waals surface area contributed by atoms with Crippen LogP contribution in [0.4, 0.5) is 5.69 Å². The van der Waals surface area contributed by atoms with Crippen LogP contribution < -0.4 is 15.4 Å². The average molecular weight is 328 g/mol. The van der Waals surface area contributed by atoms with Gasteiger partial charge in [-0.1, -0.05) is 35.9 Å². The van der Waals surface area contributed by atoms with Crippen LogP contribution in [0.15, 0.2) is 42.5 Å². The molecule has 1 amide bonds. The van der Waals surface area contributed by atoms with Gasteiger partial charge < -0.3 is 10.1 Å². The molecule has 0 fully saturated rings. The van der Waals surface area contributed by atoms with Crippen molar-refractivity contribution in [2.45, 2.75) is 20.8 Å². The van der Waals surface area contributed by atoms with Gasteiger partial charge in [0.1, 0.15) is 5.75 Å². The zero-order chi connectivity index (χ0) is 16.8. The van der Waals surface area contributed by atoms with Crippen molar-refractivity contribution >= 4 is 28.9 Å². The van der Waals surface area contributed by atoms with Crippen LogP contribution in [0.1, 0.15) is 16.7 Å². The predicted molar refractivity (Wildman–Crippen MR) is 97.0 cm³/mol. The zero-order valence-electron chi connectivity index (χ0n) is 13.5. The summed E-state index contributed by atoms with van der Waals surface area (Å²) in [5.41, 5.74) is 4.28. The summed E-state index contributed by atoms with van der Waals surface area (Å²) in [5.74, 6) is 0.348. The van der Waals surface area contributed by atoms with Gasteiger partial charge in [0.2, 0.25) is 0 Å². The van der Waals surface area contributed by atoms with E-state index in [1.54, 1.807) is 12.1 Å². The van der Waals surface area contributed by atoms with Crippen molar-refractivity contribution in [1.29, 1.82) is 0 Å². The number of anilines is 1. The molecule has 0 unspecified atom stereocenters. The lowest BCUT2D eigenvalue weighted by Gasteiger charge is -2.15. The summed E-state index contributed by atoms with van der Waals surface area (Å²) in [5, 5.41) is 5.97. The molecular weight excluding hydrogens is 308 g/mol. The lowest BCUT2D eigenvalue weighted by Crippen LogP contribution is -2.37. The number of thiocarbonyl (C=S) groups is 1. The molecule has 2 rings (SSSR count). The number of amides is 1. The Kier molecular flexibility index (Phi) is 5.71. The van der Waals surface area contributed by atoms with E-state index in [0.717, 1.165) is 16.8 Å². The number of carbonyl (C=O) groups is 1. The van der Waals surface area contributed by atoms with E-state index < -0.39 is 0 Å². The minimum absolute atomic E-state index is 0.0856. The summed E-state index contributed by atoms with van der Waals surface area (Å²) in [4.78, 5) is 11.9. The number of hydrogen-bond acceptors (Lipinski definition) is 3. The van der Waals surface area contributed by atoms with Gasteiger partial charge in [-0.25, -0.2) is 0 Å². The monoisotopic (exact) mass is 328 g/mol. The van der Waals surface area contributed by atoms with E-state index in [4.69, 9.17) is 17.0 Å². The SMILES string of the molecule is Cc1cc(C)c(NC(=S)NC(=O)COc2ccccc2)c(C)c1. The maximum absolute atomic E-state index is 11.9. The van der Waals surface area contributed by atoms with E-state index in [2.05, 4.69) is 22.8 Å². The van der Waals surface area contributed by atoms with E-state index in [1.807, 2.05) is 39.0 Å². The second kappa shape index (κ2) is 7.74. The molecule has 0 saturated carbocycles. The summed E-state index contributed by atoms with van der Waals surface area (Å²) in [6.07, 6.45) is 0. The lowest BCUT2D eigenvalue weighted by atomic mass is 10.1. The highest BCUT2D eigenvalue weighted by Gasteiger charge is 2.09. The van der Waals surface area contributed by atoms with E-state index in [-0.39, 0.29) is 17.6 Å². The Morgan fingerprint density at radius 2 is 1.70 bits per heavy atom. The van der Waals surface area contributed by atoms with Gasteiger partial charge in [-0.05, 0) is 56.2 Å². The van der Waals surface area contributed by atoms with Crippen molar-refractivity contribution in [1.82, 2.24) is 5.32 Å². The molecule has 4 nitrogen and oxygen atoms in total. The molecule has 2 N–H and O–H groups in total. The van der Waals surface area contributed by atoms with Crippen molar-refractivity contribution < 1.29 is 9.53 Å². The largest absolute Gasteiger partial charge is 0.484 e. The van der Waals surface area contributed by atoms with Gasteiger partial charge in [0.25, 0.3) is 5.91 Å². The number of aryl methyl sites for hydroxylation is 3. The van der Waals surface area contributed by atoms with Crippen LogP contribution in [0.5, 0.6) is 5.75 Å². The summed E-state index contributed by atoms with van der Waals surface area (Å²) in [6.45, 7) is 5.97. The summed E-state index contributed by atoms with van der Waals surface area (Å²) >= 11 is 5.20. The van der Waals surface area contributed by atoms with Gasteiger partial charge in [-0.3, -0.25) is 10.1 Å². The fraction of sp³-hybridized carbons (Fsp3) is 0.222. The molecule has 5 heteroatoms. The van der Waals surface area contributed by atoms with E-state index >= 15 is 0 Å². The van der Waals surface area contributed by atoms with Crippen LogP contribution in [-0.4, -0.2) is 17.6 Å². The van der Waals surface area contributed by atoms with Crippen LogP contribution in [0.25, 0.3) is 0 Å². The Morgan fingerprint density at radius 3 is 2.30 bits per heavy atom. The number of benzene rings is 2. The van der Waals surface area contributed by atoms with Crippen LogP contribution in [-0.2, 0) is 4.79 Å². The Labute approximate surface area is 141 Å². The van der Waals surface area contributed by atoms with Crippen LogP contribution in [0.3, 0.4) is 0 Å².